The first-order valence-corrected chi connectivity index (χ1v) is 11.6. The predicted octanol–water partition coefficient (Wildman–Crippen LogP) is 3.65. The number of nitrogens with one attached hydrogen (secondary N) is 1. The summed E-state index contributed by atoms with van der Waals surface area (Å²) < 4.78 is 10.7. The van der Waals surface area contributed by atoms with Crippen LogP contribution in [-0.2, 0) is 25.5 Å². The molecule has 1 aromatic carbocycles. The normalized spacial score (nSPS) is 16.6. The average Bonchev–Trinajstić information content (AvgIpc) is 3.48. The Hall–Kier alpha value is -2.91. The molecule has 3 atom stereocenters. The third kappa shape index (κ3) is 6.57. The molecule has 9 nitrogen and oxygen atoms in total. The number of rotatable bonds is 12. The minimum atomic E-state index is -1.31. The van der Waals surface area contributed by atoms with Gasteiger partial charge in [-0.3, -0.25) is 9.59 Å². The topological polar surface area (TPSA) is 139 Å². The molecule has 0 bridgehead atoms. The van der Waals surface area contributed by atoms with Gasteiger partial charge in [0.1, 0.15) is 6.04 Å². The van der Waals surface area contributed by atoms with Gasteiger partial charge in [-0.15, -0.1) is 0 Å². The lowest BCUT2D eigenvalue weighted by Gasteiger charge is -2.29. The van der Waals surface area contributed by atoms with Crippen LogP contribution >= 0.6 is 11.6 Å². The maximum atomic E-state index is 13.3. The number of carboxylic acids is 2. The molecular formula is C24H29ClN2O7. The predicted molar refractivity (Wildman–Crippen MR) is 123 cm³/mol. The van der Waals surface area contributed by atoms with E-state index in [1.54, 1.807) is 24.3 Å². The van der Waals surface area contributed by atoms with Crippen LogP contribution in [0.25, 0.3) is 11.3 Å². The number of benzene rings is 1. The molecule has 1 saturated carbocycles. The lowest BCUT2D eigenvalue weighted by Crippen LogP contribution is -2.49. The summed E-state index contributed by atoms with van der Waals surface area (Å²) in [6, 6.07) is 5.59. The van der Waals surface area contributed by atoms with Crippen LogP contribution < -0.4 is 5.32 Å². The second-order valence-electron chi connectivity index (χ2n) is 8.53. The van der Waals surface area contributed by atoms with Gasteiger partial charge in [0.05, 0.1) is 24.5 Å². The molecule has 0 saturated heterocycles. The number of aromatic nitrogens is 1. The molecule has 3 N–H and O–H groups in total. The summed E-state index contributed by atoms with van der Waals surface area (Å²) in [5, 5.41) is 22.7. The number of carbonyl (C=O) groups is 3. The lowest BCUT2D eigenvalue weighted by atomic mass is 9.78. The van der Waals surface area contributed by atoms with Crippen molar-refractivity contribution < 1.29 is 33.8 Å². The molecule has 10 heteroatoms. The first kappa shape index (κ1) is 25.7. The van der Waals surface area contributed by atoms with Crippen LogP contribution in [0.4, 0.5) is 0 Å². The van der Waals surface area contributed by atoms with Crippen molar-refractivity contribution >= 4 is 29.4 Å². The van der Waals surface area contributed by atoms with Gasteiger partial charge in [-0.05, 0) is 49.4 Å². The summed E-state index contributed by atoms with van der Waals surface area (Å²) in [5.41, 5.74) is 0.725. The Morgan fingerprint density at radius 3 is 2.44 bits per heavy atom. The van der Waals surface area contributed by atoms with E-state index in [0.717, 1.165) is 31.2 Å². The van der Waals surface area contributed by atoms with Crippen molar-refractivity contribution in [3.8, 4) is 11.3 Å². The van der Waals surface area contributed by atoms with Crippen molar-refractivity contribution in [2.24, 2.45) is 17.8 Å². The highest BCUT2D eigenvalue weighted by Crippen LogP contribution is 2.37. The smallest absolute Gasteiger partial charge is 0.326 e. The van der Waals surface area contributed by atoms with Gasteiger partial charge in [-0.1, -0.05) is 24.4 Å². The molecule has 1 unspecified atom stereocenters. The van der Waals surface area contributed by atoms with E-state index in [1.165, 1.54) is 13.3 Å². The fraction of sp³-hybridized carbons (Fsp3) is 0.500. The van der Waals surface area contributed by atoms with E-state index in [1.807, 2.05) is 0 Å². The summed E-state index contributed by atoms with van der Waals surface area (Å²) in [7, 11) is 1.47. The average molecular weight is 493 g/mol. The molecule has 0 spiro atoms. The number of aliphatic carboxylic acids is 2. The molecule has 184 valence electrons. The third-order valence-electron chi connectivity index (χ3n) is 6.27. The van der Waals surface area contributed by atoms with Crippen molar-refractivity contribution in [1.82, 2.24) is 10.3 Å². The molecule has 1 aromatic heterocycles. The monoisotopic (exact) mass is 492 g/mol. The van der Waals surface area contributed by atoms with Crippen LogP contribution in [0.1, 0.15) is 38.0 Å². The number of hydrogen-bond acceptors (Lipinski definition) is 6. The molecule has 3 rings (SSSR count). The van der Waals surface area contributed by atoms with Crippen LogP contribution in [-0.4, -0.2) is 52.8 Å². The zero-order chi connectivity index (χ0) is 24.7. The molecule has 0 aliphatic heterocycles. The van der Waals surface area contributed by atoms with E-state index in [0.29, 0.717) is 10.8 Å². The van der Waals surface area contributed by atoms with Crippen molar-refractivity contribution in [3.63, 3.8) is 0 Å². The first-order chi connectivity index (χ1) is 16.3. The maximum Gasteiger partial charge on any atom is 0.326 e. The van der Waals surface area contributed by atoms with Crippen molar-refractivity contribution in [1.29, 1.82) is 0 Å². The van der Waals surface area contributed by atoms with E-state index in [-0.39, 0.29) is 31.3 Å². The molecule has 0 radical (unpaired) electrons. The van der Waals surface area contributed by atoms with Gasteiger partial charge in [-0.25, -0.2) is 9.78 Å². The Morgan fingerprint density at radius 1 is 1.18 bits per heavy atom. The van der Waals surface area contributed by atoms with Crippen LogP contribution in [0.5, 0.6) is 0 Å². The summed E-state index contributed by atoms with van der Waals surface area (Å²) in [5.74, 6) is -4.26. The number of carboxylic acid groups (broad SMARTS) is 2. The maximum absolute atomic E-state index is 13.3. The molecule has 1 fully saturated rings. The number of nitrogens with zero attached hydrogens (tertiary/aromatic N) is 1. The minimum absolute atomic E-state index is 0.120. The Labute approximate surface area is 202 Å². The van der Waals surface area contributed by atoms with Crippen molar-refractivity contribution in [2.75, 3.05) is 13.7 Å². The SMILES string of the molecule is COCC[C@H](C(=O)O)C(C(=O)N[C@@H](Cc1ncc(-c2ccc(Cl)cc2)o1)C(=O)O)C1CCCC1. The number of ether oxygens (including phenoxy) is 1. The van der Waals surface area contributed by atoms with E-state index >= 15 is 0 Å². The van der Waals surface area contributed by atoms with Crippen LogP contribution in [0.2, 0.25) is 5.02 Å². The molecule has 1 heterocycles. The van der Waals surface area contributed by atoms with Gasteiger partial charge >= 0.3 is 11.9 Å². The van der Waals surface area contributed by atoms with Crippen LogP contribution in [0.15, 0.2) is 34.9 Å². The highest BCUT2D eigenvalue weighted by atomic mass is 35.5. The number of halogens is 1. The van der Waals surface area contributed by atoms with E-state index < -0.39 is 35.7 Å². The summed E-state index contributed by atoms with van der Waals surface area (Å²) in [4.78, 5) is 41.3. The van der Waals surface area contributed by atoms with Crippen LogP contribution in [0.3, 0.4) is 0 Å². The van der Waals surface area contributed by atoms with Crippen molar-refractivity contribution in [2.45, 2.75) is 44.6 Å². The fourth-order valence-corrected chi connectivity index (χ4v) is 4.66. The Balaban J connectivity index is 1.76. The molecule has 1 aliphatic carbocycles. The molecule has 34 heavy (non-hydrogen) atoms. The van der Waals surface area contributed by atoms with E-state index in [4.69, 9.17) is 20.8 Å². The van der Waals surface area contributed by atoms with Gasteiger partial charge in [0.2, 0.25) is 5.91 Å². The first-order valence-electron chi connectivity index (χ1n) is 11.3. The largest absolute Gasteiger partial charge is 0.481 e. The minimum Gasteiger partial charge on any atom is -0.481 e. The van der Waals surface area contributed by atoms with Crippen molar-refractivity contribution in [3.05, 3.63) is 41.4 Å². The van der Waals surface area contributed by atoms with Crippen LogP contribution in [0, 0.1) is 17.8 Å². The fourth-order valence-electron chi connectivity index (χ4n) is 4.54. The molecular weight excluding hydrogens is 464 g/mol. The number of hydrogen-bond donors (Lipinski definition) is 3. The Morgan fingerprint density at radius 2 is 1.85 bits per heavy atom. The van der Waals surface area contributed by atoms with Gasteiger partial charge in [0, 0.05) is 24.3 Å². The van der Waals surface area contributed by atoms with Gasteiger partial charge in [-0.2, -0.15) is 0 Å². The number of oxazole rings is 1. The van der Waals surface area contributed by atoms with Gasteiger partial charge in [0.15, 0.2) is 11.7 Å². The standard InChI is InChI=1S/C24H29ClN2O7/c1-33-11-10-17(23(29)30)21(15-4-2-3-5-15)22(28)27-18(24(31)32)12-20-26-13-19(34-20)14-6-8-16(25)9-7-14/h6-9,13,15,17-18,21H,2-5,10-12H2,1H3,(H,27,28)(H,29,30)(H,31,32)/t17-,18-,21?/m0/s1. The number of carbonyl (C=O) groups excluding carboxylic acids is 1. The Bertz CT molecular complexity index is 985. The molecule has 2 aromatic rings. The summed E-state index contributed by atoms with van der Waals surface area (Å²) in [6.45, 7) is 0.194. The zero-order valence-electron chi connectivity index (χ0n) is 18.9. The highest BCUT2D eigenvalue weighted by molar-refractivity contribution is 6.30. The number of amides is 1. The van der Waals surface area contributed by atoms with E-state index in [9.17, 15) is 24.6 Å². The van der Waals surface area contributed by atoms with Gasteiger partial charge < -0.3 is 24.7 Å². The highest BCUT2D eigenvalue weighted by Gasteiger charge is 2.41. The summed E-state index contributed by atoms with van der Waals surface area (Å²) in [6.07, 6.45) is 4.76. The van der Waals surface area contributed by atoms with Gasteiger partial charge in [0.25, 0.3) is 0 Å². The zero-order valence-corrected chi connectivity index (χ0v) is 19.7. The second kappa shape index (κ2) is 12.0. The molecule has 1 aliphatic rings. The summed E-state index contributed by atoms with van der Waals surface area (Å²) >= 11 is 5.90. The second-order valence-corrected chi connectivity index (χ2v) is 8.96. The lowest BCUT2D eigenvalue weighted by molar-refractivity contribution is -0.150. The van der Waals surface area contributed by atoms with E-state index in [2.05, 4.69) is 10.3 Å². The molecule has 1 amide bonds. The quantitative estimate of drug-likeness (QED) is 0.408. The Kier molecular flexibility index (Phi) is 9.06. The third-order valence-corrected chi connectivity index (χ3v) is 6.52. The number of methoxy groups -OCH3 is 1.